The molecular formula is C28H27N3O3. The molecule has 1 amide bonds. The number of rotatable bonds is 7. The van der Waals surface area contributed by atoms with Gasteiger partial charge in [0.1, 0.15) is 17.2 Å². The number of nitrogens with zero attached hydrogens (tertiary/aromatic N) is 2. The van der Waals surface area contributed by atoms with Gasteiger partial charge >= 0.3 is 0 Å². The van der Waals surface area contributed by atoms with Crippen molar-refractivity contribution in [3.63, 3.8) is 0 Å². The van der Waals surface area contributed by atoms with Gasteiger partial charge in [0.2, 0.25) is 6.79 Å². The number of hydrogen-bond donors (Lipinski definition) is 1. The summed E-state index contributed by atoms with van der Waals surface area (Å²) in [5, 5.41) is 3.25. The van der Waals surface area contributed by atoms with Crippen molar-refractivity contribution in [2.75, 3.05) is 6.79 Å². The van der Waals surface area contributed by atoms with E-state index in [0.29, 0.717) is 29.4 Å². The SMILES string of the molecule is CCC(NC(=O)c1c(-c2ccc3c(c2)OCO3)nc(-c2ccccc2)n1CC)c1ccccc1. The van der Waals surface area contributed by atoms with E-state index in [1.54, 1.807) is 0 Å². The van der Waals surface area contributed by atoms with E-state index in [2.05, 4.69) is 12.2 Å². The Balaban J connectivity index is 1.62. The summed E-state index contributed by atoms with van der Waals surface area (Å²) in [5.74, 6) is 1.96. The number of carbonyl (C=O) groups is 1. The van der Waals surface area contributed by atoms with Crippen LogP contribution in [0.1, 0.15) is 42.4 Å². The van der Waals surface area contributed by atoms with Crippen molar-refractivity contribution in [1.29, 1.82) is 0 Å². The molecule has 2 heterocycles. The molecule has 0 bridgehead atoms. The Labute approximate surface area is 199 Å². The van der Waals surface area contributed by atoms with Crippen LogP contribution in [0.5, 0.6) is 11.5 Å². The molecular weight excluding hydrogens is 426 g/mol. The highest BCUT2D eigenvalue weighted by atomic mass is 16.7. The quantitative estimate of drug-likeness (QED) is 0.381. The van der Waals surface area contributed by atoms with Crippen molar-refractivity contribution >= 4 is 5.91 Å². The lowest BCUT2D eigenvalue weighted by atomic mass is 10.0. The maximum atomic E-state index is 13.8. The molecule has 6 heteroatoms. The van der Waals surface area contributed by atoms with Crippen LogP contribution in [-0.2, 0) is 6.54 Å². The van der Waals surface area contributed by atoms with Crippen LogP contribution in [0.15, 0.2) is 78.9 Å². The Morgan fingerprint density at radius 3 is 2.35 bits per heavy atom. The molecule has 34 heavy (non-hydrogen) atoms. The number of aromatic nitrogens is 2. The van der Waals surface area contributed by atoms with Gasteiger partial charge in [-0.05, 0) is 37.1 Å². The zero-order chi connectivity index (χ0) is 23.5. The first-order valence-corrected chi connectivity index (χ1v) is 11.6. The minimum absolute atomic E-state index is 0.0984. The number of hydrogen-bond acceptors (Lipinski definition) is 4. The third-order valence-corrected chi connectivity index (χ3v) is 6.09. The maximum absolute atomic E-state index is 13.8. The molecule has 1 unspecified atom stereocenters. The molecule has 1 aliphatic rings. The Kier molecular flexibility index (Phi) is 6.04. The first-order chi connectivity index (χ1) is 16.7. The molecule has 0 saturated carbocycles. The molecule has 4 aromatic rings. The molecule has 1 aliphatic heterocycles. The van der Waals surface area contributed by atoms with Crippen LogP contribution in [0.4, 0.5) is 0 Å². The summed E-state index contributed by atoms with van der Waals surface area (Å²) in [4.78, 5) is 18.8. The van der Waals surface area contributed by atoms with Gasteiger partial charge in [0.15, 0.2) is 11.5 Å². The molecule has 3 aromatic carbocycles. The molecule has 6 nitrogen and oxygen atoms in total. The topological polar surface area (TPSA) is 65.4 Å². The van der Waals surface area contributed by atoms with Gasteiger partial charge in [-0.25, -0.2) is 4.98 Å². The summed E-state index contributed by atoms with van der Waals surface area (Å²) in [7, 11) is 0. The van der Waals surface area contributed by atoms with Crippen molar-refractivity contribution in [3.05, 3.63) is 90.1 Å². The third kappa shape index (κ3) is 4.03. The van der Waals surface area contributed by atoms with E-state index >= 15 is 0 Å². The molecule has 0 saturated heterocycles. The van der Waals surface area contributed by atoms with E-state index in [-0.39, 0.29) is 18.7 Å². The molecule has 1 atom stereocenters. The number of nitrogens with one attached hydrogen (secondary N) is 1. The Morgan fingerprint density at radius 1 is 0.941 bits per heavy atom. The zero-order valence-corrected chi connectivity index (χ0v) is 19.3. The van der Waals surface area contributed by atoms with E-state index in [1.165, 1.54) is 0 Å². The Bertz CT molecular complexity index is 1300. The van der Waals surface area contributed by atoms with Crippen LogP contribution in [0.25, 0.3) is 22.6 Å². The highest BCUT2D eigenvalue weighted by Crippen LogP contribution is 2.38. The molecule has 172 valence electrons. The second-order valence-corrected chi connectivity index (χ2v) is 8.16. The Hall–Kier alpha value is -4.06. The van der Waals surface area contributed by atoms with Gasteiger partial charge < -0.3 is 19.4 Å². The average Bonchev–Trinajstić information content (AvgIpc) is 3.52. The van der Waals surface area contributed by atoms with E-state index in [4.69, 9.17) is 14.5 Å². The van der Waals surface area contributed by atoms with Crippen molar-refractivity contribution in [2.45, 2.75) is 32.9 Å². The molecule has 1 N–H and O–H groups in total. The van der Waals surface area contributed by atoms with E-state index < -0.39 is 0 Å². The second kappa shape index (κ2) is 9.43. The average molecular weight is 454 g/mol. The van der Waals surface area contributed by atoms with Gasteiger partial charge in [-0.3, -0.25) is 4.79 Å². The zero-order valence-electron chi connectivity index (χ0n) is 19.3. The molecule has 0 aliphatic carbocycles. The van der Waals surface area contributed by atoms with E-state index in [9.17, 15) is 4.79 Å². The predicted molar refractivity (Wildman–Crippen MR) is 132 cm³/mol. The lowest BCUT2D eigenvalue weighted by molar-refractivity contribution is 0.0927. The van der Waals surface area contributed by atoms with Gasteiger partial charge in [-0.2, -0.15) is 0 Å². The molecule has 0 fully saturated rings. The fraction of sp³-hybridized carbons (Fsp3) is 0.214. The van der Waals surface area contributed by atoms with Crippen molar-refractivity contribution in [1.82, 2.24) is 14.9 Å². The van der Waals surface area contributed by atoms with Crippen molar-refractivity contribution in [2.24, 2.45) is 0 Å². The Morgan fingerprint density at radius 2 is 1.65 bits per heavy atom. The maximum Gasteiger partial charge on any atom is 0.270 e. The number of fused-ring (bicyclic) bond motifs is 1. The minimum atomic E-state index is -0.153. The van der Waals surface area contributed by atoms with Crippen LogP contribution in [0.3, 0.4) is 0 Å². The molecule has 0 radical (unpaired) electrons. The summed E-state index contributed by atoms with van der Waals surface area (Å²) < 4.78 is 13.1. The third-order valence-electron chi connectivity index (χ3n) is 6.09. The van der Waals surface area contributed by atoms with Crippen molar-refractivity contribution in [3.8, 4) is 34.1 Å². The minimum Gasteiger partial charge on any atom is -0.454 e. The van der Waals surface area contributed by atoms with Crippen LogP contribution >= 0.6 is 0 Å². The van der Waals surface area contributed by atoms with Crippen LogP contribution in [0, 0.1) is 0 Å². The smallest absolute Gasteiger partial charge is 0.270 e. The van der Waals surface area contributed by atoms with E-state index in [0.717, 1.165) is 28.9 Å². The fourth-order valence-electron chi connectivity index (χ4n) is 4.38. The summed E-state index contributed by atoms with van der Waals surface area (Å²) in [6, 6.07) is 25.6. The highest BCUT2D eigenvalue weighted by molar-refractivity contribution is 6.00. The predicted octanol–water partition coefficient (Wildman–Crippen LogP) is 5.85. The monoisotopic (exact) mass is 453 g/mol. The fourth-order valence-corrected chi connectivity index (χ4v) is 4.38. The molecule has 0 spiro atoms. The summed E-state index contributed by atoms with van der Waals surface area (Å²) in [6.45, 7) is 4.90. The van der Waals surface area contributed by atoms with E-state index in [1.807, 2.05) is 90.4 Å². The van der Waals surface area contributed by atoms with Crippen LogP contribution < -0.4 is 14.8 Å². The van der Waals surface area contributed by atoms with Gasteiger partial charge in [0.25, 0.3) is 5.91 Å². The summed E-state index contributed by atoms with van der Waals surface area (Å²) in [5.41, 5.74) is 4.01. The van der Waals surface area contributed by atoms with Crippen molar-refractivity contribution < 1.29 is 14.3 Å². The molecule has 5 rings (SSSR count). The number of imidazole rings is 1. The first-order valence-electron chi connectivity index (χ1n) is 11.6. The standard InChI is InChI=1S/C28H27N3O3/c1-3-22(19-11-7-5-8-12-19)29-28(32)26-25(21-15-16-23-24(17-21)34-18-33-23)30-27(31(26)4-2)20-13-9-6-10-14-20/h5-17,22H,3-4,18H2,1-2H3,(H,29,32). The van der Waals surface area contributed by atoms with Gasteiger partial charge in [-0.1, -0.05) is 67.6 Å². The number of benzene rings is 3. The summed E-state index contributed by atoms with van der Waals surface area (Å²) in [6.07, 6.45) is 0.779. The lowest BCUT2D eigenvalue weighted by Gasteiger charge is -2.19. The van der Waals surface area contributed by atoms with Gasteiger partial charge in [0.05, 0.1) is 6.04 Å². The lowest BCUT2D eigenvalue weighted by Crippen LogP contribution is -2.30. The molecule has 1 aromatic heterocycles. The normalized spacial score (nSPS) is 13.0. The largest absolute Gasteiger partial charge is 0.454 e. The van der Waals surface area contributed by atoms with Gasteiger partial charge in [-0.15, -0.1) is 0 Å². The van der Waals surface area contributed by atoms with Crippen LogP contribution in [-0.4, -0.2) is 22.3 Å². The summed E-state index contributed by atoms with van der Waals surface area (Å²) >= 11 is 0. The first kappa shape index (κ1) is 21.8. The van der Waals surface area contributed by atoms with Gasteiger partial charge in [0, 0.05) is 17.7 Å². The van der Waals surface area contributed by atoms with Crippen LogP contribution in [0.2, 0.25) is 0 Å². The number of amides is 1. The second-order valence-electron chi connectivity index (χ2n) is 8.16. The number of ether oxygens (including phenoxy) is 2. The number of carbonyl (C=O) groups excluding carboxylic acids is 1. The highest BCUT2D eigenvalue weighted by Gasteiger charge is 2.27.